The maximum absolute atomic E-state index is 14.0. The number of carbonyl (C=O) groups is 2. The van der Waals surface area contributed by atoms with Crippen molar-refractivity contribution in [3.05, 3.63) is 95.0 Å². The maximum Gasteiger partial charge on any atom is 0.264 e. The first-order chi connectivity index (χ1) is 18.6. The van der Waals surface area contributed by atoms with Crippen LogP contribution in [0.15, 0.2) is 83.8 Å². The van der Waals surface area contributed by atoms with E-state index in [1.54, 1.807) is 36.4 Å². The number of aryl methyl sites for hydroxylation is 1. The van der Waals surface area contributed by atoms with Gasteiger partial charge in [0.05, 0.1) is 10.6 Å². The lowest BCUT2D eigenvalue weighted by Gasteiger charge is -2.33. The van der Waals surface area contributed by atoms with Crippen LogP contribution in [0.4, 0.5) is 5.69 Å². The summed E-state index contributed by atoms with van der Waals surface area (Å²) in [6.45, 7) is 7.34. The van der Waals surface area contributed by atoms with Crippen LogP contribution in [0.25, 0.3) is 0 Å². The number of sulfonamides is 1. The van der Waals surface area contributed by atoms with Crippen LogP contribution in [0.5, 0.6) is 0 Å². The van der Waals surface area contributed by atoms with Crippen molar-refractivity contribution in [3.8, 4) is 0 Å². The molecule has 3 aromatic carbocycles. The minimum absolute atomic E-state index is 0.0458. The Bertz CT molecular complexity index is 1360. The summed E-state index contributed by atoms with van der Waals surface area (Å²) in [7, 11) is -4.13. The van der Waals surface area contributed by atoms with E-state index in [0.717, 1.165) is 21.9 Å². The van der Waals surface area contributed by atoms with E-state index in [4.69, 9.17) is 11.6 Å². The van der Waals surface area contributed by atoms with E-state index >= 15 is 0 Å². The number of amides is 2. The number of benzene rings is 3. The van der Waals surface area contributed by atoms with Crippen LogP contribution < -0.4 is 9.62 Å². The SMILES string of the molecule is CC[C@@H](C)NC(=O)[C@H](CC)N(Cc1ccc(C)cc1)C(=O)CN(c1cccc(Cl)c1)S(=O)(=O)c1ccccc1. The zero-order valence-corrected chi connectivity index (χ0v) is 24.4. The lowest BCUT2D eigenvalue weighted by Crippen LogP contribution is -2.53. The van der Waals surface area contributed by atoms with Crippen LogP contribution in [-0.4, -0.2) is 43.8 Å². The smallest absolute Gasteiger partial charge is 0.264 e. The molecular formula is C30H36ClN3O4S. The molecule has 0 saturated heterocycles. The summed E-state index contributed by atoms with van der Waals surface area (Å²) < 4.78 is 28.6. The van der Waals surface area contributed by atoms with E-state index in [1.807, 2.05) is 52.0 Å². The first-order valence-electron chi connectivity index (χ1n) is 13.1. The molecule has 1 N–H and O–H groups in total. The summed E-state index contributed by atoms with van der Waals surface area (Å²) in [6.07, 6.45) is 1.11. The second-order valence-electron chi connectivity index (χ2n) is 9.55. The summed E-state index contributed by atoms with van der Waals surface area (Å²) in [6, 6.07) is 21.2. The lowest BCUT2D eigenvalue weighted by molar-refractivity contribution is -0.140. The topological polar surface area (TPSA) is 86.8 Å². The van der Waals surface area contributed by atoms with E-state index < -0.39 is 28.5 Å². The highest BCUT2D eigenvalue weighted by atomic mass is 35.5. The van der Waals surface area contributed by atoms with Crippen LogP contribution in [-0.2, 0) is 26.2 Å². The van der Waals surface area contributed by atoms with Crippen molar-refractivity contribution in [1.82, 2.24) is 10.2 Å². The third-order valence-electron chi connectivity index (χ3n) is 6.57. The highest BCUT2D eigenvalue weighted by Gasteiger charge is 2.34. The predicted octanol–water partition coefficient (Wildman–Crippen LogP) is 5.57. The molecular weight excluding hydrogens is 534 g/mol. The molecule has 208 valence electrons. The van der Waals surface area contributed by atoms with Crippen LogP contribution in [0.2, 0.25) is 5.02 Å². The minimum Gasteiger partial charge on any atom is -0.352 e. The summed E-state index contributed by atoms with van der Waals surface area (Å²) in [5, 5.41) is 3.31. The van der Waals surface area contributed by atoms with Crippen molar-refractivity contribution >= 4 is 39.1 Å². The molecule has 0 saturated carbocycles. The van der Waals surface area contributed by atoms with E-state index in [2.05, 4.69) is 5.32 Å². The fraction of sp³-hybridized carbons (Fsp3) is 0.333. The Balaban J connectivity index is 2.04. The molecule has 39 heavy (non-hydrogen) atoms. The number of carbonyl (C=O) groups excluding carboxylic acids is 2. The van der Waals surface area contributed by atoms with E-state index in [0.29, 0.717) is 11.4 Å². The number of rotatable bonds is 12. The predicted molar refractivity (Wildman–Crippen MR) is 156 cm³/mol. The van der Waals surface area contributed by atoms with Crippen molar-refractivity contribution < 1.29 is 18.0 Å². The molecule has 0 aromatic heterocycles. The standard InChI is InChI=1S/C30H36ClN3O4S/c1-5-23(4)32-30(36)28(6-2)33(20-24-17-15-22(3)16-18-24)29(35)21-34(26-12-10-11-25(31)19-26)39(37,38)27-13-8-7-9-14-27/h7-19,23,28H,5-6,20-21H2,1-4H3,(H,32,36)/t23-,28+/m1/s1. The molecule has 9 heteroatoms. The summed E-state index contributed by atoms with van der Waals surface area (Å²) >= 11 is 6.21. The largest absolute Gasteiger partial charge is 0.352 e. The molecule has 3 aromatic rings. The van der Waals surface area contributed by atoms with Crippen LogP contribution in [0.3, 0.4) is 0 Å². The molecule has 0 heterocycles. The average molecular weight is 570 g/mol. The molecule has 0 radical (unpaired) electrons. The van der Waals surface area contributed by atoms with Gasteiger partial charge in [-0.05, 0) is 62.6 Å². The third kappa shape index (κ3) is 7.83. The van der Waals surface area contributed by atoms with Gasteiger partial charge in [0.15, 0.2) is 0 Å². The Morgan fingerprint density at radius 3 is 2.18 bits per heavy atom. The Labute approximate surface area is 236 Å². The van der Waals surface area contributed by atoms with Gasteiger partial charge in [0, 0.05) is 17.6 Å². The Kier molecular flexibility index (Phi) is 10.5. The van der Waals surface area contributed by atoms with Gasteiger partial charge in [-0.1, -0.05) is 79.5 Å². The number of anilines is 1. The van der Waals surface area contributed by atoms with E-state index in [1.165, 1.54) is 23.1 Å². The van der Waals surface area contributed by atoms with Gasteiger partial charge in [0.1, 0.15) is 12.6 Å². The Morgan fingerprint density at radius 1 is 0.923 bits per heavy atom. The van der Waals surface area contributed by atoms with Crippen LogP contribution in [0, 0.1) is 6.92 Å². The lowest BCUT2D eigenvalue weighted by atomic mass is 10.1. The third-order valence-corrected chi connectivity index (χ3v) is 8.59. The molecule has 3 rings (SSSR count). The molecule has 0 aliphatic heterocycles. The van der Waals surface area contributed by atoms with Gasteiger partial charge in [-0.15, -0.1) is 0 Å². The number of nitrogens with zero attached hydrogens (tertiary/aromatic N) is 2. The van der Waals surface area contributed by atoms with Gasteiger partial charge >= 0.3 is 0 Å². The highest BCUT2D eigenvalue weighted by molar-refractivity contribution is 7.92. The van der Waals surface area contributed by atoms with Gasteiger partial charge in [-0.25, -0.2) is 8.42 Å². The van der Waals surface area contributed by atoms with Crippen molar-refractivity contribution in [2.75, 3.05) is 10.8 Å². The second-order valence-corrected chi connectivity index (χ2v) is 11.9. The summed E-state index contributed by atoms with van der Waals surface area (Å²) in [4.78, 5) is 28.8. The van der Waals surface area contributed by atoms with Gasteiger partial charge in [0.2, 0.25) is 11.8 Å². The first-order valence-corrected chi connectivity index (χ1v) is 14.9. The van der Waals surface area contributed by atoms with Crippen LogP contribution in [0.1, 0.15) is 44.7 Å². The molecule has 2 atom stereocenters. The fourth-order valence-electron chi connectivity index (χ4n) is 4.13. The molecule has 0 bridgehead atoms. The molecule has 2 amide bonds. The zero-order valence-electron chi connectivity index (χ0n) is 22.8. The molecule has 0 fully saturated rings. The Morgan fingerprint density at radius 2 is 1.59 bits per heavy atom. The normalized spacial score (nSPS) is 12.8. The first kappa shape index (κ1) is 30.2. The minimum atomic E-state index is -4.13. The average Bonchev–Trinajstić information content (AvgIpc) is 2.92. The van der Waals surface area contributed by atoms with Gasteiger partial charge in [-0.3, -0.25) is 13.9 Å². The molecule has 0 aliphatic rings. The van der Waals surface area contributed by atoms with Gasteiger partial charge in [0.25, 0.3) is 10.0 Å². The van der Waals surface area contributed by atoms with Crippen molar-refractivity contribution in [2.45, 2.75) is 64.1 Å². The Hall–Kier alpha value is -3.36. The monoisotopic (exact) mass is 569 g/mol. The van der Waals surface area contributed by atoms with Gasteiger partial charge in [-0.2, -0.15) is 0 Å². The molecule has 7 nitrogen and oxygen atoms in total. The van der Waals surface area contributed by atoms with Gasteiger partial charge < -0.3 is 10.2 Å². The van der Waals surface area contributed by atoms with Crippen LogP contribution >= 0.6 is 11.6 Å². The summed E-state index contributed by atoms with van der Waals surface area (Å²) in [5.41, 5.74) is 2.16. The second kappa shape index (κ2) is 13.6. The quantitative estimate of drug-likeness (QED) is 0.309. The highest BCUT2D eigenvalue weighted by Crippen LogP contribution is 2.27. The molecule has 0 unspecified atom stereocenters. The fourth-order valence-corrected chi connectivity index (χ4v) is 5.74. The van der Waals surface area contributed by atoms with Crippen molar-refractivity contribution in [3.63, 3.8) is 0 Å². The maximum atomic E-state index is 14.0. The van der Waals surface area contributed by atoms with E-state index in [9.17, 15) is 18.0 Å². The van der Waals surface area contributed by atoms with E-state index in [-0.39, 0.29) is 29.1 Å². The number of hydrogen-bond donors (Lipinski definition) is 1. The number of nitrogens with one attached hydrogen (secondary N) is 1. The molecule has 0 aliphatic carbocycles. The molecule has 0 spiro atoms. The number of hydrogen-bond acceptors (Lipinski definition) is 4. The summed E-state index contributed by atoms with van der Waals surface area (Å²) in [5.74, 6) is -0.770. The zero-order chi connectivity index (χ0) is 28.6. The van der Waals surface area contributed by atoms with Crippen molar-refractivity contribution in [1.29, 1.82) is 0 Å². The number of halogens is 1. The van der Waals surface area contributed by atoms with Crippen molar-refractivity contribution in [2.24, 2.45) is 0 Å².